The Morgan fingerprint density at radius 3 is 1.98 bits per heavy atom. The van der Waals surface area contributed by atoms with Crippen LogP contribution in [0, 0.1) is 0 Å². The van der Waals surface area contributed by atoms with Crippen molar-refractivity contribution in [1.29, 1.82) is 0 Å². The minimum atomic E-state index is -0.473. The number of hydrogen-bond acceptors (Lipinski definition) is 8. The number of fused-ring (bicyclic) bond motifs is 2. The quantitative estimate of drug-likeness (QED) is 0.223. The summed E-state index contributed by atoms with van der Waals surface area (Å²) in [7, 11) is 0. The zero-order valence-corrected chi connectivity index (χ0v) is 25.3. The average Bonchev–Trinajstić information content (AvgIpc) is 3.13. The molecule has 7 rings (SSSR count). The van der Waals surface area contributed by atoms with Crippen LogP contribution in [-0.4, -0.2) is 34.6 Å². The molecule has 0 saturated carbocycles. The van der Waals surface area contributed by atoms with Gasteiger partial charge in [-0.3, -0.25) is 9.59 Å². The Morgan fingerprint density at radius 1 is 0.660 bits per heavy atom. The van der Waals surface area contributed by atoms with Crippen molar-refractivity contribution in [1.82, 2.24) is 29.4 Å². The van der Waals surface area contributed by atoms with Crippen LogP contribution < -0.4 is 16.0 Å². The molecule has 0 bridgehead atoms. The molecular formula is C37H30N6O4. The Balaban J connectivity index is 0.000000172. The monoisotopic (exact) mass is 622 g/mol. The SMILES string of the molecule is O=c1cc(/C=C/c2ccccc2)c2cncnc2n1OCc1ccccc1.O=c1cc(CCc2ccccc2)c2cncnc2n1O. The number of rotatable bonds is 8. The van der Waals surface area contributed by atoms with Gasteiger partial charge in [0.2, 0.25) is 0 Å². The van der Waals surface area contributed by atoms with Crippen molar-refractivity contribution in [3.05, 3.63) is 177 Å². The number of benzene rings is 3. The van der Waals surface area contributed by atoms with E-state index < -0.39 is 5.56 Å². The van der Waals surface area contributed by atoms with E-state index in [-0.39, 0.29) is 17.8 Å². The molecule has 0 unspecified atom stereocenters. The first kappa shape index (κ1) is 30.6. The summed E-state index contributed by atoms with van der Waals surface area (Å²) >= 11 is 0. The summed E-state index contributed by atoms with van der Waals surface area (Å²) < 4.78 is 1.78. The highest BCUT2D eigenvalue weighted by Crippen LogP contribution is 2.17. The van der Waals surface area contributed by atoms with E-state index in [1.54, 1.807) is 12.4 Å². The largest absolute Gasteiger partial charge is 0.423 e. The Hall–Kier alpha value is -6.42. The summed E-state index contributed by atoms with van der Waals surface area (Å²) in [5, 5.41) is 11.1. The van der Waals surface area contributed by atoms with E-state index in [0.29, 0.717) is 22.2 Å². The van der Waals surface area contributed by atoms with E-state index in [2.05, 4.69) is 19.9 Å². The van der Waals surface area contributed by atoms with Crippen LogP contribution in [0.5, 0.6) is 0 Å². The van der Waals surface area contributed by atoms with Crippen LogP contribution in [0.1, 0.15) is 27.8 Å². The second-order valence-electron chi connectivity index (χ2n) is 10.6. The molecule has 4 heterocycles. The average molecular weight is 623 g/mol. The van der Waals surface area contributed by atoms with Gasteiger partial charge in [-0.2, -0.15) is 0 Å². The van der Waals surface area contributed by atoms with Crippen LogP contribution in [0.4, 0.5) is 0 Å². The van der Waals surface area contributed by atoms with Crippen LogP contribution in [0.25, 0.3) is 34.2 Å². The molecule has 3 aromatic carbocycles. The molecule has 0 aliphatic rings. The molecule has 10 heteroatoms. The van der Waals surface area contributed by atoms with Crippen LogP contribution >= 0.6 is 0 Å². The normalized spacial score (nSPS) is 11.0. The van der Waals surface area contributed by atoms with Gasteiger partial charge in [0.25, 0.3) is 11.1 Å². The Bertz CT molecular complexity index is 2250. The highest BCUT2D eigenvalue weighted by molar-refractivity contribution is 5.88. The summed E-state index contributed by atoms with van der Waals surface area (Å²) in [4.78, 5) is 46.4. The Morgan fingerprint density at radius 2 is 1.28 bits per heavy atom. The van der Waals surface area contributed by atoms with E-state index in [4.69, 9.17) is 4.84 Å². The molecule has 232 valence electrons. The maximum Gasteiger partial charge on any atom is 0.285 e. The minimum absolute atomic E-state index is 0.246. The topological polar surface area (TPSA) is 125 Å². The second-order valence-corrected chi connectivity index (χ2v) is 10.6. The first-order valence-electron chi connectivity index (χ1n) is 14.9. The van der Waals surface area contributed by atoms with Gasteiger partial charge in [-0.25, -0.2) is 19.9 Å². The number of nitrogens with zero attached hydrogens (tertiary/aromatic N) is 6. The highest BCUT2D eigenvalue weighted by Gasteiger charge is 2.11. The molecule has 0 radical (unpaired) electrons. The third-order valence-corrected chi connectivity index (χ3v) is 7.40. The lowest BCUT2D eigenvalue weighted by Crippen LogP contribution is -2.27. The molecule has 1 N–H and O–H groups in total. The molecule has 10 nitrogen and oxygen atoms in total. The zero-order chi connectivity index (χ0) is 32.4. The van der Waals surface area contributed by atoms with Gasteiger partial charge < -0.3 is 10.0 Å². The maximum absolute atomic E-state index is 12.6. The van der Waals surface area contributed by atoms with E-state index in [1.165, 1.54) is 35.1 Å². The third-order valence-electron chi connectivity index (χ3n) is 7.40. The van der Waals surface area contributed by atoms with Crippen LogP contribution in [0.15, 0.2) is 138 Å². The smallest absolute Gasteiger partial charge is 0.285 e. The van der Waals surface area contributed by atoms with Gasteiger partial charge >= 0.3 is 0 Å². The predicted octanol–water partition coefficient (Wildman–Crippen LogP) is 5.40. The fraction of sp³-hybridized carbons (Fsp3) is 0.0811. The fourth-order valence-electron chi connectivity index (χ4n) is 5.03. The minimum Gasteiger partial charge on any atom is -0.423 e. The van der Waals surface area contributed by atoms with Gasteiger partial charge in [0, 0.05) is 35.3 Å². The van der Waals surface area contributed by atoms with Gasteiger partial charge in [-0.05, 0) is 40.7 Å². The van der Waals surface area contributed by atoms with Crippen molar-refractivity contribution in [2.45, 2.75) is 19.4 Å². The summed E-state index contributed by atoms with van der Waals surface area (Å²) in [6, 6.07) is 32.6. The molecule has 4 aromatic heterocycles. The van der Waals surface area contributed by atoms with Crippen molar-refractivity contribution in [3.63, 3.8) is 0 Å². The van der Waals surface area contributed by atoms with Gasteiger partial charge in [0.15, 0.2) is 11.3 Å². The van der Waals surface area contributed by atoms with Gasteiger partial charge in [-0.15, -0.1) is 9.46 Å². The lowest BCUT2D eigenvalue weighted by atomic mass is 10.0. The Labute approximate surface area is 269 Å². The molecule has 0 aliphatic carbocycles. The molecule has 0 saturated heterocycles. The van der Waals surface area contributed by atoms with Crippen molar-refractivity contribution >= 4 is 34.2 Å². The summed E-state index contributed by atoms with van der Waals surface area (Å²) in [6.07, 6.45) is 11.4. The second kappa shape index (κ2) is 14.6. The molecule has 0 atom stereocenters. The van der Waals surface area contributed by atoms with Gasteiger partial charge in [0.05, 0.1) is 0 Å². The number of aromatic nitrogens is 6. The standard InChI is InChI=1S/C22H17N3O2.C15H13N3O2/c26-21-13-19(12-11-17-7-3-1-4-8-17)20-14-23-16-24-22(20)25(21)27-15-18-9-5-2-6-10-18;19-14-8-12(7-6-11-4-2-1-3-5-11)13-9-16-10-17-15(13)18(14)20/h1-14,16H,15H2;1-5,8-10,20H,6-7H2/b12-11+;. The number of hydrogen-bond donors (Lipinski definition) is 1. The van der Waals surface area contributed by atoms with Gasteiger partial charge in [0.1, 0.15) is 19.3 Å². The van der Waals surface area contributed by atoms with Crippen LogP contribution in [0.2, 0.25) is 0 Å². The fourth-order valence-corrected chi connectivity index (χ4v) is 5.03. The van der Waals surface area contributed by atoms with E-state index in [0.717, 1.165) is 34.1 Å². The van der Waals surface area contributed by atoms with Crippen molar-refractivity contribution in [2.75, 3.05) is 0 Å². The summed E-state index contributed by atoms with van der Waals surface area (Å²) in [5.74, 6) is 0. The van der Waals surface area contributed by atoms with Crippen molar-refractivity contribution in [3.8, 4) is 0 Å². The first-order valence-corrected chi connectivity index (χ1v) is 14.9. The van der Waals surface area contributed by atoms with Crippen LogP contribution in [0.3, 0.4) is 0 Å². The molecule has 7 aromatic rings. The highest BCUT2D eigenvalue weighted by atomic mass is 16.7. The van der Waals surface area contributed by atoms with Gasteiger partial charge in [-0.1, -0.05) is 103 Å². The lowest BCUT2D eigenvalue weighted by molar-refractivity contribution is 0.0979. The molecule has 0 amide bonds. The van der Waals surface area contributed by atoms with E-state index in [1.807, 2.05) is 103 Å². The molecule has 47 heavy (non-hydrogen) atoms. The maximum atomic E-state index is 12.6. The molecule has 0 fully saturated rings. The van der Waals surface area contributed by atoms with Crippen molar-refractivity contribution < 1.29 is 10.0 Å². The summed E-state index contributed by atoms with van der Waals surface area (Å²) in [6.45, 7) is 0.277. The molecule has 0 aliphatic heterocycles. The molecular weight excluding hydrogens is 592 g/mol. The van der Waals surface area contributed by atoms with E-state index in [9.17, 15) is 14.8 Å². The van der Waals surface area contributed by atoms with E-state index >= 15 is 0 Å². The van der Waals surface area contributed by atoms with Crippen LogP contribution in [-0.2, 0) is 19.4 Å². The zero-order valence-electron chi connectivity index (χ0n) is 25.3. The lowest BCUT2D eigenvalue weighted by Gasteiger charge is -2.12. The Kier molecular flexibility index (Phi) is 9.49. The first-order chi connectivity index (χ1) is 23.1. The molecule has 0 spiro atoms. The number of pyridine rings is 2. The predicted molar refractivity (Wildman–Crippen MR) is 181 cm³/mol. The summed E-state index contributed by atoms with van der Waals surface area (Å²) in [5.41, 5.74) is 4.76. The third kappa shape index (κ3) is 7.46. The van der Waals surface area contributed by atoms with Crippen molar-refractivity contribution in [2.24, 2.45) is 0 Å². The number of aryl methyl sites for hydroxylation is 2.